The van der Waals surface area contributed by atoms with Crippen LogP contribution in [0.3, 0.4) is 0 Å². The summed E-state index contributed by atoms with van der Waals surface area (Å²) in [5.74, 6) is -3.03. The Morgan fingerprint density at radius 3 is 2.64 bits per heavy atom. The molecule has 0 bridgehead atoms. The van der Waals surface area contributed by atoms with Crippen molar-refractivity contribution >= 4 is 41.1 Å². The van der Waals surface area contributed by atoms with Gasteiger partial charge in [0.15, 0.2) is 0 Å². The highest BCUT2D eigenvalue weighted by Crippen LogP contribution is 2.42. The first-order valence-electron chi connectivity index (χ1n) is 10.8. The number of ether oxygens (including phenoxy) is 2. The number of methoxy groups -OCH3 is 1. The van der Waals surface area contributed by atoms with Crippen LogP contribution in [0.15, 0.2) is 28.8 Å². The number of piperidine rings is 1. The van der Waals surface area contributed by atoms with E-state index in [9.17, 15) is 19.6 Å². The quantitative estimate of drug-likeness (QED) is 0.460. The van der Waals surface area contributed by atoms with E-state index in [2.05, 4.69) is 11.4 Å². The SMILES string of the molecule is CCOc1ccc([C@H]2C(C#N)=C(SCC(=O)N3CCCCC3)NC(=O)[C@H]2C(=O)OC)cc1Cl. The van der Waals surface area contributed by atoms with Gasteiger partial charge in [0.25, 0.3) is 0 Å². The van der Waals surface area contributed by atoms with Crippen LogP contribution in [0, 0.1) is 17.2 Å². The Hall–Kier alpha value is -2.70. The summed E-state index contributed by atoms with van der Waals surface area (Å²) < 4.78 is 10.3. The highest BCUT2D eigenvalue weighted by atomic mass is 35.5. The monoisotopic (exact) mass is 491 g/mol. The molecule has 0 saturated carbocycles. The summed E-state index contributed by atoms with van der Waals surface area (Å²) in [7, 11) is 1.19. The van der Waals surface area contributed by atoms with Crippen molar-refractivity contribution in [3.8, 4) is 11.8 Å². The number of halogens is 1. The van der Waals surface area contributed by atoms with Crippen molar-refractivity contribution in [2.24, 2.45) is 5.92 Å². The molecule has 0 unspecified atom stereocenters. The number of amides is 2. The lowest BCUT2D eigenvalue weighted by Gasteiger charge is -2.31. The third kappa shape index (κ3) is 5.63. The number of carbonyl (C=O) groups is 3. The molecule has 2 aliphatic heterocycles. The molecular weight excluding hydrogens is 466 g/mol. The first-order chi connectivity index (χ1) is 15.9. The highest BCUT2D eigenvalue weighted by molar-refractivity contribution is 8.03. The summed E-state index contributed by atoms with van der Waals surface area (Å²) in [5.41, 5.74) is 0.687. The van der Waals surface area contributed by atoms with Crippen LogP contribution in [0.1, 0.15) is 37.7 Å². The largest absolute Gasteiger partial charge is 0.492 e. The maximum Gasteiger partial charge on any atom is 0.319 e. The van der Waals surface area contributed by atoms with Crippen LogP contribution in [0.2, 0.25) is 5.02 Å². The van der Waals surface area contributed by atoms with E-state index in [1.54, 1.807) is 23.1 Å². The molecule has 0 aromatic heterocycles. The molecule has 1 saturated heterocycles. The number of esters is 1. The molecule has 2 aliphatic rings. The second-order valence-electron chi connectivity index (χ2n) is 7.68. The zero-order valence-electron chi connectivity index (χ0n) is 18.6. The smallest absolute Gasteiger partial charge is 0.319 e. The van der Waals surface area contributed by atoms with Crippen LogP contribution in [0.5, 0.6) is 5.75 Å². The minimum absolute atomic E-state index is 0.0468. The number of thioether (sulfide) groups is 1. The normalized spacial score (nSPS) is 20.7. The highest BCUT2D eigenvalue weighted by Gasteiger charge is 2.44. The first-order valence-corrected chi connectivity index (χ1v) is 12.1. The van der Waals surface area contributed by atoms with Crippen LogP contribution >= 0.6 is 23.4 Å². The lowest BCUT2D eigenvalue weighted by Crippen LogP contribution is -2.44. The Morgan fingerprint density at radius 2 is 2.03 bits per heavy atom. The van der Waals surface area contributed by atoms with Crippen LogP contribution in [-0.4, -0.2) is 55.2 Å². The third-order valence-corrected chi connectivity index (χ3v) is 6.94. The van der Waals surface area contributed by atoms with Gasteiger partial charge in [0.05, 0.1) is 41.2 Å². The summed E-state index contributed by atoms with van der Waals surface area (Å²) in [5, 5.41) is 13.2. The number of hydrogen-bond donors (Lipinski definition) is 1. The number of likely N-dealkylation sites (tertiary alicyclic amines) is 1. The van der Waals surface area contributed by atoms with E-state index in [1.807, 2.05) is 6.92 Å². The number of nitrogens with zero attached hydrogens (tertiary/aromatic N) is 2. The number of allylic oxidation sites excluding steroid dienone is 1. The van der Waals surface area contributed by atoms with E-state index in [0.717, 1.165) is 31.0 Å². The summed E-state index contributed by atoms with van der Waals surface area (Å²) in [4.78, 5) is 39.9. The minimum atomic E-state index is -1.26. The number of benzene rings is 1. The fraction of sp³-hybridized carbons (Fsp3) is 0.478. The second-order valence-corrected chi connectivity index (χ2v) is 9.07. The van der Waals surface area contributed by atoms with Gasteiger partial charge in [-0.3, -0.25) is 14.4 Å². The summed E-state index contributed by atoms with van der Waals surface area (Å²) >= 11 is 7.44. The molecule has 33 heavy (non-hydrogen) atoms. The van der Waals surface area contributed by atoms with Gasteiger partial charge >= 0.3 is 5.97 Å². The van der Waals surface area contributed by atoms with E-state index in [4.69, 9.17) is 21.1 Å². The van der Waals surface area contributed by atoms with Crippen molar-refractivity contribution in [2.75, 3.05) is 32.6 Å². The number of nitriles is 1. The van der Waals surface area contributed by atoms with Crippen molar-refractivity contribution in [1.29, 1.82) is 5.26 Å². The van der Waals surface area contributed by atoms with E-state index >= 15 is 0 Å². The molecule has 0 radical (unpaired) electrons. The Morgan fingerprint density at radius 1 is 1.30 bits per heavy atom. The van der Waals surface area contributed by atoms with E-state index in [-0.39, 0.29) is 22.3 Å². The zero-order chi connectivity index (χ0) is 24.0. The van der Waals surface area contributed by atoms with E-state index < -0.39 is 23.7 Å². The molecule has 2 heterocycles. The Kier molecular flexibility index (Phi) is 8.64. The molecule has 3 rings (SSSR count). The molecule has 176 valence electrons. The summed E-state index contributed by atoms with van der Waals surface area (Å²) in [6.45, 7) is 3.68. The predicted octanol–water partition coefficient (Wildman–Crippen LogP) is 3.22. The van der Waals surface area contributed by atoms with Gasteiger partial charge in [-0.25, -0.2) is 0 Å². The lowest BCUT2D eigenvalue weighted by atomic mass is 9.78. The number of hydrogen-bond acceptors (Lipinski definition) is 7. The Labute approximate surface area is 202 Å². The van der Waals surface area contributed by atoms with Crippen LogP contribution < -0.4 is 10.1 Å². The summed E-state index contributed by atoms with van der Waals surface area (Å²) in [6.07, 6.45) is 3.05. The fourth-order valence-corrected chi connectivity index (χ4v) is 5.23. The molecular formula is C23H26ClN3O5S. The lowest BCUT2D eigenvalue weighted by molar-refractivity contribution is -0.150. The van der Waals surface area contributed by atoms with E-state index in [0.29, 0.717) is 36.0 Å². The maximum atomic E-state index is 12.9. The average molecular weight is 492 g/mol. The van der Waals surface area contributed by atoms with Gasteiger partial charge in [-0.2, -0.15) is 5.26 Å². The molecule has 1 N–H and O–H groups in total. The van der Waals surface area contributed by atoms with Crippen molar-refractivity contribution in [2.45, 2.75) is 32.1 Å². The molecule has 8 nitrogen and oxygen atoms in total. The van der Waals surface area contributed by atoms with Crippen LogP contribution in [0.25, 0.3) is 0 Å². The van der Waals surface area contributed by atoms with E-state index in [1.165, 1.54) is 7.11 Å². The minimum Gasteiger partial charge on any atom is -0.492 e. The molecule has 2 amide bonds. The zero-order valence-corrected chi connectivity index (χ0v) is 20.1. The second kappa shape index (κ2) is 11.4. The van der Waals surface area contributed by atoms with Crippen molar-refractivity contribution in [3.63, 3.8) is 0 Å². The standard InChI is InChI=1S/C23H26ClN3O5S/c1-3-32-17-8-7-14(11-16(17)24)19-15(12-25)22(26-21(29)20(19)23(30)31-2)33-13-18(28)27-9-5-4-6-10-27/h7-8,11,19-20H,3-6,9-10,13H2,1-2H3,(H,26,29)/t19-,20-/m0/s1. The van der Waals surface area contributed by atoms with Gasteiger partial charge in [0.1, 0.15) is 11.7 Å². The van der Waals surface area contributed by atoms with Crippen molar-refractivity contribution < 1.29 is 23.9 Å². The number of nitrogens with one attached hydrogen (secondary N) is 1. The van der Waals surface area contributed by atoms with Gasteiger partial charge in [0, 0.05) is 19.0 Å². The summed E-state index contributed by atoms with van der Waals surface area (Å²) in [6, 6.07) is 7.04. The molecule has 1 aromatic rings. The fourth-order valence-electron chi connectivity index (χ4n) is 4.03. The van der Waals surface area contributed by atoms with Gasteiger partial charge in [-0.05, 0) is 43.9 Å². The average Bonchev–Trinajstić information content (AvgIpc) is 2.83. The number of carbonyl (C=O) groups excluding carboxylic acids is 3. The predicted molar refractivity (Wildman–Crippen MR) is 125 cm³/mol. The van der Waals surface area contributed by atoms with Gasteiger partial charge < -0.3 is 19.7 Å². The van der Waals surface area contributed by atoms with Gasteiger partial charge in [0.2, 0.25) is 11.8 Å². The maximum absolute atomic E-state index is 12.9. The van der Waals surface area contributed by atoms with Crippen molar-refractivity contribution in [1.82, 2.24) is 10.2 Å². The van der Waals surface area contributed by atoms with Crippen LogP contribution in [0.4, 0.5) is 0 Å². The first kappa shape index (κ1) is 24.9. The van der Waals surface area contributed by atoms with Crippen LogP contribution in [-0.2, 0) is 19.1 Å². The third-order valence-electron chi connectivity index (χ3n) is 5.65. The Bertz CT molecular complexity index is 1000. The molecule has 1 aromatic carbocycles. The van der Waals surface area contributed by atoms with Gasteiger partial charge in [-0.1, -0.05) is 29.4 Å². The van der Waals surface area contributed by atoms with Gasteiger partial charge in [-0.15, -0.1) is 0 Å². The number of rotatable bonds is 7. The molecule has 1 fully saturated rings. The molecule has 2 atom stereocenters. The van der Waals surface area contributed by atoms with Crippen molar-refractivity contribution in [3.05, 3.63) is 39.4 Å². The molecule has 10 heteroatoms. The Balaban J connectivity index is 1.95. The topological polar surface area (TPSA) is 109 Å². The molecule has 0 aliphatic carbocycles. The molecule has 0 spiro atoms.